The number of hydrogen-bond acceptors (Lipinski definition) is 5. The number of carbonyl (C=O) groups is 1. The average molecular weight is 426 g/mol. The molecule has 29 heavy (non-hydrogen) atoms. The molecule has 0 aliphatic carbocycles. The SMILES string of the molecule is Cc1c(C(=O)Nc2ccc(Oc3ccccc3Cl)cc2)sc2ncn(C)c(=O)c12. The number of rotatable bonds is 4. The van der Waals surface area contributed by atoms with E-state index >= 15 is 0 Å². The molecule has 8 heteroatoms. The number of para-hydroxylation sites is 1. The Labute approximate surface area is 175 Å². The van der Waals surface area contributed by atoms with Gasteiger partial charge in [0.15, 0.2) is 0 Å². The molecule has 0 saturated carbocycles. The van der Waals surface area contributed by atoms with E-state index < -0.39 is 0 Å². The van der Waals surface area contributed by atoms with Crippen LogP contribution in [0.15, 0.2) is 59.7 Å². The maximum Gasteiger partial charge on any atom is 0.266 e. The molecule has 6 nitrogen and oxygen atoms in total. The first-order chi connectivity index (χ1) is 13.9. The van der Waals surface area contributed by atoms with Gasteiger partial charge in [0.05, 0.1) is 21.6 Å². The molecule has 0 radical (unpaired) electrons. The summed E-state index contributed by atoms with van der Waals surface area (Å²) in [7, 11) is 1.64. The summed E-state index contributed by atoms with van der Waals surface area (Å²) in [5.41, 5.74) is 1.08. The number of hydrogen-bond donors (Lipinski definition) is 1. The van der Waals surface area contributed by atoms with E-state index in [2.05, 4.69) is 10.3 Å². The van der Waals surface area contributed by atoms with Gasteiger partial charge in [-0.25, -0.2) is 4.98 Å². The van der Waals surface area contributed by atoms with E-state index in [9.17, 15) is 9.59 Å². The summed E-state index contributed by atoms with van der Waals surface area (Å²) < 4.78 is 7.15. The van der Waals surface area contributed by atoms with Crippen molar-refractivity contribution in [2.45, 2.75) is 6.92 Å². The van der Waals surface area contributed by atoms with Crippen molar-refractivity contribution in [1.29, 1.82) is 0 Å². The highest BCUT2D eigenvalue weighted by Crippen LogP contribution is 2.30. The second-order valence-corrected chi connectivity index (χ2v) is 7.81. The zero-order valence-electron chi connectivity index (χ0n) is 15.6. The van der Waals surface area contributed by atoms with Gasteiger partial charge in [-0.2, -0.15) is 0 Å². The monoisotopic (exact) mass is 425 g/mol. The number of aromatic nitrogens is 2. The van der Waals surface area contributed by atoms with Crippen molar-refractivity contribution >= 4 is 44.7 Å². The van der Waals surface area contributed by atoms with Gasteiger partial charge < -0.3 is 14.6 Å². The van der Waals surface area contributed by atoms with Gasteiger partial charge in [-0.3, -0.25) is 9.59 Å². The van der Waals surface area contributed by atoms with Gasteiger partial charge in [-0.15, -0.1) is 11.3 Å². The Bertz CT molecular complexity index is 1280. The smallest absolute Gasteiger partial charge is 0.266 e. The second-order valence-electron chi connectivity index (χ2n) is 6.41. The Morgan fingerprint density at radius 1 is 1.17 bits per heavy atom. The summed E-state index contributed by atoms with van der Waals surface area (Å²) in [6, 6.07) is 14.2. The van der Waals surface area contributed by atoms with Crippen LogP contribution in [-0.4, -0.2) is 15.5 Å². The van der Waals surface area contributed by atoms with Crippen molar-refractivity contribution in [1.82, 2.24) is 9.55 Å². The normalized spacial score (nSPS) is 10.9. The fourth-order valence-electron chi connectivity index (χ4n) is 2.87. The molecule has 2 heterocycles. The molecular weight excluding hydrogens is 410 g/mol. The van der Waals surface area contributed by atoms with E-state index in [0.29, 0.717) is 42.9 Å². The quantitative estimate of drug-likeness (QED) is 0.499. The number of ether oxygens (including phenoxy) is 1. The van der Waals surface area contributed by atoms with Gasteiger partial charge in [-0.05, 0) is 48.9 Å². The molecule has 0 bridgehead atoms. The zero-order chi connectivity index (χ0) is 20.5. The van der Waals surface area contributed by atoms with Crippen molar-refractivity contribution in [2.75, 3.05) is 5.32 Å². The Morgan fingerprint density at radius 2 is 1.90 bits per heavy atom. The minimum Gasteiger partial charge on any atom is -0.456 e. The van der Waals surface area contributed by atoms with Gasteiger partial charge in [0.1, 0.15) is 16.3 Å². The van der Waals surface area contributed by atoms with Crippen LogP contribution in [-0.2, 0) is 7.05 Å². The van der Waals surface area contributed by atoms with Gasteiger partial charge in [-0.1, -0.05) is 23.7 Å². The first-order valence-corrected chi connectivity index (χ1v) is 9.92. The molecule has 0 aliphatic heterocycles. The molecule has 1 N–H and O–H groups in total. The summed E-state index contributed by atoms with van der Waals surface area (Å²) >= 11 is 7.31. The average Bonchev–Trinajstić information content (AvgIpc) is 3.05. The highest BCUT2D eigenvalue weighted by atomic mass is 35.5. The van der Waals surface area contributed by atoms with Crippen LogP contribution in [0, 0.1) is 6.92 Å². The maximum atomic E-state index is 12.7. The van der Waals surface area contributed by atoms with Gasteiger partial charge in [0.25, 0.3) is 11.5 Å². The van der Waals surface area contributed by atoms with Crippen LogP contribution in [0.3, 0.4) is 0 Å². The summed E-state index contributed by atoms with van der Waals surface area (Å²) in [4.78, 5) is 30.3. The van der Waals surface area contributed by atoms with Crippen LogP contribution in [0.5, 0.6) is 11.5 Å². The maximum absolute atomic E-state index is 12.7. The van der Waals surface area contributed by atoms with Crippen LogP contribution in [0.1, 0.15) is 15.2 Å². The van der Waals surface area contributed by atoms with Crippen LogP contribution in [0.4, 0.5) is 5.69 Å². The molecule has 0 aliphatic rings. The third-order valence-electron chi connectivity index (χ3n) is 4.39. The van der Waals surface area contributed by atoms with E-state index in [0.717, 1.165) is 0 Å². The fourth-order valence-corrected chi connectivity index (χ4v) is 4.08. The number of nitrogens with one attached hydrogen (secondary N) is 1. The standard InChI is InChI=1S/C21H16ClN3O3S/c1-12-17-20(23-11-25(2)21(17)27)29-18(12)19(26)24-13-7-9-14(10-8-13)28-16-6-4-3-5-15(16)22/h3-11H,1-2H3,(H,24,26). The number of benzene rings is 2. The lowest BCUT2D eigenvalue weighted by Crippen LogP contribution is -2.17. The molecular formula is C21H16ClN3O3S. The van der Waals surface area contributed by atoms with Crippen molar-refractivity contribution < 1.29 is 9.53 Å². The summed E-state index contributed by atoms with van der Waals surface area (Å²) in [5, 5.41) is 3.85. The number of anilines is 1. The Morgan fingerprint density at radius 3 is 2.62 bits per heavy atom. The largest absolute Gasteiger partial charge is 0.456 e. The van der Waals surface area contributed by atoms with Crippen LogP contribution in [0.2, 0.25) is 5.02 Å². The first-order valence-electron chi connectivity index (χ1n) is 8.72. The predicted octanol–water partition coefficient (Wildman–Crippen LogP) is 5.00. The zero-order valence-corrected chi connectivity index (χ0v) is 17.2. The number of amides is 1. The summed E-state index contributed by atoms with van der Waals surface area (Å²) in [6.07, 6.45) is 1.46. The number of carbonyl (C=O) groups excluding carboxylic acids is 1. The second kappa shape index (κ2) is 7.69. The summed E-state index contributed by atoms with van der Waals surface area (Å²) in [5.74, 6) is 0.870. The van der Waals surface area contributed by atoms with E-state index in [4.69, 9.17) is 16.3 Å². The van der Waals surface area contributed by atoms with Crippen LogP contribution in [0.25, 0.3) is 10.2 Å². The van der Waals surface area contributed by atoms with Gasteiger partial charge >= 0.3 is 0 Å². The van der Waals surface area contributed by atoms with E-state index in [1.807, 2.05) is 12.1 Å². The highest BCUT2D eigenvalue weighted by Gasteiger charge is 2.19. The third-order valence-corrected chi connectivity index (χ3v) is 5.90. The Balaban J connectivity index is 1.54. The first kappa shape index (κ1) is 19.2. The molecule has 1 amide bonds. The van der Waals surface area contributed by atoms with Crippen molar-refractivity contribution in [3.8, 4) is 11.5 Å². The lowest BCUT2D eigenvalue weighted by molar-refractivity contribution is 0.103. The van der Waals surface area contributed by atoms with Crippen molar-refractivity contribution in [3.05, 3.63) is 80.7 Å². The van der Waals surface area contributed by atoms with Crippen molar-refractivity contribution in [3.63, 3.8) is 0 Å². The van der Waals surface area contributed by atoms with E-state index in [1.54, 1.807) is 50.4 Å². The number of thiophene rings is 1. The molecule has 0 spiro atoms. The van der Waals surface area contributed by atoms with E-state index in [-0.39, 0.29) is 11.5 Å². The minimum absolute atomic E-state index is 0.163. The number of nitrogens with zero attached hydrogens (tertiary/aromatic N) is 2. The van der Waals surface area contributed by atoms with Crippen LogP contribution < -0.4 is 15.6 Å². The topological polar surface area (TPSA) is 73.2 Å². The van der Waals surface area contributed by atoms with E-state index in [1.165, 1.54) is 22.2 Å². The number of aryl methyl sites for hydroxylation is 2. The fraction of sp³-hybridized carbons (Fsp3) is 0.0952. The molecule has 4 aromatic rings. The molecule has 2 aromatic heterocycles. The number of fused-ring (bicyclic) bond motifs is 1. The molecule has 0 atom stereocenters. The predicted molar refractivity (Wildman–Crippen MR) is 116 cm³/mol. The molecule has 146 valence electrons. The lowest BCUT2D eigenvalue weighted by atomic mass is 10.2. The highest BCUT2D eigenvalue weighted by molar-refractivity contribution is 7.20. The third kappa shape index (κ3) is 3.74. The molecule has 4 rings (SSSR count). The molecule has 0 fully saturated rings. The summed E-state index contributed by atoms with van der Waals surface area (Å²) in [6.45, 7) is 1.76. The Hall–Kier alpha value is -3.16. The van der Waals surface area contributed by atoms with Crippen LogP contribution >= 0.6 is 22.9 Å². The molecule has 0 saturated heterocycles. The Kier molecular flexibility index (Phi) is 5.08. The number of halogens is 1. The minimum atomic E-state index is -0.285. The molecule has 2 aromatic carbocycles. The molecule has 0 unspecified atom stereocenters. The lowest BCUT2D eigenvalue weighted by Gasteiger charge is -2.09. The van der Waals surface area contributed by atoms with Gasteiger partial charge in [0, 0.05) is 12.7 Å². The van der Waals surface area contributed by atoms with Gasteiger partial charge in [0.2, 0.25) is 0 Å². The van der Waals surface area contributed by atoms with Crippen molar-refractivity contribution in [2.24, 2.45) is 7.05 Å².